The molecule has 1 amide bonds. The molecule has 0 heterocycles. The number of ketones is 1. The van der Waals surface area contributed by atoms with E-state index < -0.39 is 0 Å². The Morgan fingerprint density at radius 1 is 1.29 bits per heavy atom. The monoisotopic (exact) mass is 271 g/mol. The number of thioether (sulfide) groups is 1. The molecule has 1 aromatic rings. The Balaban J connectivity index is 2.25. The van der Waals surface area contributed by atoms with E-state index in [1.165, 1.54) is 11.8 Å². The van der Waals surface area contributed by atoms with Crippen LogP contribution in [-0.4, -0.2) is 23.2 Å². The highest BCUT2D eigenvalue weighted by atomic mass is 35.5. The van der Waals surface area contributed by atoms with E-state index in [2.05, 4.69) is 5.32 Å². The van der Waals surface area contributed by atoms with Gasteiger partial charge in [-0.1, -0.05) is 11.6 Å². The quantitative estimate of drug-likeness (QED) is 0.809. The molecule has 0 aromatic heterocycles. The zero-order chi connectivity index (χ0) is 12.7. The summed E-state index contributed by atoms with van der Waals surface area (Å²) in [6, 6.07) is 6.95. The van der Waals surface area contributed by atoms with Gasteiger partial charge in [0.25, 0.3) is 0 Å². The van der Waals surface area contributed by atoms with E-state index in [4.69, 9.17) is 11.6 Å². The van der Waals surface area contributed by atoms with Gasteiger partial charge in [0.05, 0.1) is 5.75 Å². The highest BCUT2D eigenvalue weighted by molar-refractivity contribution is 7.99. The summed E-state index contributed by atoms with van der Waals surface area (Å²) in [4.78, 5) is 22.2. The van der Waals surface area contributed by atoms with Crippen LogP contribution in [0.25, 0.3) is 0 Å². The topological polar surface area (TPSA) is 46.2 Å². The first-order valence-corrected chi connectivity index (χ1v) is 6.74. The maximum absolute atomic E-state index is 11.5. The summed E-state index contributed by atoms with van der Waals surface area (Å²) in [6.07, 6.45) is 0.513. The molecule has 0 atom stereocenters. The van der Waals surface area contributed by atoms with Crippen molar-refractivity contribution >= 4 is 40.7 Å². The number of carbonyl (C=O) groups is 2. The standard InChI is InChI=1S/C12H14ClNO2S/c1-9(15)6-7-17-8-12(16)14-11-4-2-10(13)3-5-11/h2-5H,6-8H2,1H3,(H,14,16). The lowest BCUT2D eigenvalue weighted by Crippen LogP contribution is -2.14. The van der Waals surface area contributed by atoms with E-state index in [0.29, 0.717) is 22.9 Å². The normalized spacial score (nSPS) is 10.0. The summed E-state index contributed by atoms with van der Waals surface area (Å²) < 4.78 is 0. The van der Waals surface area contributed by atoms with E-state index >= 15 is 0 Å². The van der Waals surface area contributed by atoms with Crippen molar-refractivity contribution in [3.63, 3.8) is 0 Å². The minimum absolute atomic E-state index is 0.0686. The van der Waals surface area contributed by atoms with Crippen LogP contribution in [0.4, 0.5) is 5.69 Å². The molecule has 92 valence electrons. The zero-order valence-corrected chi connectivity index (χ0v) is 11.1. The van der Waals surface area contributed by atoms with Gasteiger partial charge in [-0.15, -0.1) is 0 Å². The molecule has 1 rings (SSSR count). The van der Waals surface area contributed by atoms with Crippen molar-refractivity contribution in [1.29, 1.82) is 0 Å². The Bertz CT molecular complexity index is 392. The SMILES string of the molecule is CC(=O)CCSCC(=O)Nc1ccc(Cl)cc1. The van der Waals surface area contributed by atoms with Crippen LogP contribution in [0.15, 0.2) is 24.3 Å². The van der Waals surface area contributed by atoms with Crippen LogP contribution >= 0.6 is 23.4 Å². The molecule has 0 aliphatic carbocycles. The Morgan fingerprint density at radius 2 is 1.94 bits per heavy atom. The summed E-state index contributed by atoms with van der Waals surface area (Å²) in [5.74, 6) is 1.12. The number of hydrogen-bond acceptors (Lipinski definition) is 3. The Labute approximate surface area is 110 Å². The van der Waals surface area contributed by atoms with Gasteiger partial charge in [-0.2, -0.15) is 11.8 Å². The minimum Gasteiger partial charge on any atom is -0.325 e. The van der Waals surface area contributed by atoms with Gasteiger partial charge in [0.2, 0.25) is 5.91 Å². The second-order valence-electron chi connectivity index (χ2n) is 3.56. The van der Waals surface area contributed by atoms with E-state index in [9.17, 15) is 9.59 Å². The van der Waals surface area contributed by atoms with Gasteiger partial charge < -0.3 is 5.32 Å². The summed E-state index contributed by atoms with van der Waals surface area (Å²) >= 11 is 7.18. The Morgan fingerprint density at radius 3 is 2.53 bits per heavy atom. The number of hydrogen-bond donors (Lipinski definition) is 1. The van der Waals surface area contributed by atoms with Gasteiger partial charge in [-0.05, 0) is 31.2 Å². The zero-order valence-electron chi connectivity index (χ0n) is 9.53. The van der Waals surface area contributed by atoms with Crippen LogP contribution in [0.3, 0.4) is 0 Å². The average Bonchev–Trinajstić information content (AvgIpc) is 2.27. The molecular weight excluding hydrogens is 258 g/mol. The van der Waals surface area contributed by atoms with Crippen molar-refractivity contribution < 1.29 is 9.59 Å². The number of Topliss-reactive ketones (excluding diaryl/α,β-unsaturated/α-hetero) is 1. The molecule has 0 radical (unpaired) electrons. The van der Waals surface area contributed by atoms with Crippen molar-refractivity contribution in [2.75, 3.05) is 16.8 Å². The van der Waals surface area contributed by atoms with Crippen molar-refractivity contribution in [2.45, 2.75) is 13.3 Å². The van der Waals surface area contributed by atoms with Crippen molar-refractivity contribution in [2.24, 2.45) is 0 Å². The molecule has 0 saturated carbocycles. The Hall–Kier alpha value is -1.00. The van der Waals surface area contributed by atoms with Gasteiger partial charge in [0.1, 0.15) is 5.78 Å². The first kappa shape index (κ1) is 14.1. The number of benzene rings is 1. The fourth-order valence-corrected chi connectivity index (χ4v) is 2.07. The lowest BCUT2D eigenvalue weighted by atomic mass is 10.3. The molecule has 3 nitrogen and oxygen atoms in total. The second-order valence-corrected chi connectivity index (χ2v) is 5.10. The van der Waals surface area contributed by atoms with Crippen LogP contribution in [0, 0.1) is 0 Å². The number of carbonyl (C=O) groups excluding carboxylic acids is 2. The van der Waals surface area contributed by atoms with Crippen LogP contribution in [0.5, 0.6) is 0 Å². The van der Waals surface area contributed by atoms with Crippen LogP contribution < -0.4 is 5.32 Å². The highest BCUT2D eigenvalue weighted by Crippen LogP contribution is 2.13. The molecule has 0 bridgehead atoms. The van der Waals surface area contributed by atoms with Crippen LogP contribution in [0.1, 0.15) is 13.3 Å². The fourth-order valence-electron chi connectivity index (χ4n) is 1.11. The predicted octanol–water partition coefficient (Wildman–Crippen LogP) is 2.99. The first-order valence-electron chi connectivity index (χ1n) is 5.20. The average molecular weight is 272 g/mol. The first-order chi connectivity index (χ1) is 8.08. The molecule has 1 aromatic carbocycles. The predicted molar refractivity (Wildman–Crippen MR) is 72.7 cm³/mol. The van der Waals surface area contributed by atoms with Crippen molar-refractivity contribution in [1.82, 2.24) is 0 Å². The smallest absolute Gasteiger partial charge is 0.234 e. The number of halogens is 1. The largest absolute Gasteiger partial charge is 0.325 e. The van der Waals surface area contributed by atoms with Gasteiger partial charge in [0.15, 0.2) is 0 Å². The molecule has 0 unspecified atom stereocenters. The van der Waals surface area contributed by atoms with Gasteiger partial charge in [0, 0.05) is 22.9 Å². The lowest BCUT2D eigenvalue weighted by molar-refractivity contribution is -0.116. The molecule has 0 aliphatic rings. The molecule has 5 heteroatoms. The Kier molecular flexibility index (Phi) is 6.08. The van der Waals surface area contributed by atoms with Gasteiger partial charge >= 0.3 is 0 Å². The second kappa shape index (κ2) is 7.35. The van der Waals surface area contributed by atoms with E-state index in [-0.39, 0.29) is 11.7 Å². The summed E-state index contributed by atoms with van der Waals surface area (Å²) in [5.41, 5.74) is 0.728. The molecule has 1 N–H and O–H groups in total. The van der Waals surface area contributed by atoms with E-state index in [1.807, 2.05) is 0 Å². The molecule has 17 heavy (non-hydrogen) atoms. The number of nitrogens with one attached hydrogen (secondary N) is 1. The third-order valence-electron chi connectivity index (χ3n) is 1.96. The van der Waals surface area contributed by atoms with Crippen molar-refractivity contribution in [3.8, 4) is 0 Å². The fraction of sp³-hybridized carbons (Fsp3) is 0.333. The summed E-state index contributed by atoms with van der Waals surface area (Å²) in [7, 11) is 0. The van der Waals surface area contributed by atoms with E-state index in [0.717, 1.165) is 5.69 Å². The molecule has 0 fully saturated rings. The molecular formula is C12H14ClNO2S. The van der Waals surface area contributed by atoms with Crippen LogP contribution in [0.2, 0.25) is 5.02 Å². The molecule has 0 aliphatic heterocycles. The van der Waals surface area contributed by atoms with E-state index in [1.54, 1.807) is 31.2 Å². The number of rotatable bonds is 6. The summed E-state index contributed by atoms with van der Waals surface area (Å²) in [6.45, 7) is 1.55. The lowest BCUT2D eigenvalue weighted by Gasteiger charge is -2.04. The maximum atomic E-state index is 11.5. The maximum Gasteiger partial charge on any atom is 0.234 e. The molecule has 0 spiro atoms. The van der Waals surface area contributed by atoms with Crippen molar-refractivity contribution in [3.05, 3.63) is 29.3 Å². The third-order valence-corrected chi connectivity index (χ3v) is 3.17. The van der Waals surface area contributed by atoms with Gasteiger partial charge in [-0.25, -0.2) is 0 Å². The summed E-state index contributed by atoms with van der Waals surface area (Å²) in [5, 5.41) is 3.39. The highest BCUT2D eigenvalue weighted by Gasteiger charge is 2.03. The van der Waals surface area contributed by atoms with Gasteiger partial charge in [-0.3, -0.25) is 9.59 Å². The number of amides is 1. The third kappa shape index (κ3) is 6.34. The van der Waals surface area contributed by atoms with Crippen LogP contribution in [-0.2, 0) is 9.59 Å². The number of anilines is 1. The minimum atomic E-state index is -0.0686. The molecule has 0 saturated heterocycles.